The van der Waals surface area contributed by atoms with E-state index in [0.717, 1.165) is 22.2 Å². The standard InChI is InChI=1S/C27H24NO/c1-17-9-5-6-11-20(17)25-15-24(19(3)16-28(25)4)23-14-8-13-22-21-12-7-10-18(2)26(21)29-27(22)23/h5-16H,1-4H3/q+1/i2D3,3D3. The van der Waals surface area contributed by atoms with E-state index in [9.17, 15) is 0 Å². The van der Waals surface area contributed by atoms with Crippen molar-refractivity contribution in [2.75, 3.05) is 0 Å². The van der Waals surface area contributed by atoms with E-state index in [0.29, 0.717) is 27.7 Å². The third-order valence-corrected chi connectivity index (χ3v) is 5.51. The number of aromatic nitrogens is 1. The maximum atomic E-state index is 8.22. The highest BCUT2D eigenvalue weighted by atomic mass is 16.3. The summed E-state index contributed by atoms with van der Waals surface area (Å²) in [5.41, 5.74) is 5.16. The normalized spacial score (nSPS) is 15.4. The van der Waals surface area contributed by atoms with E-state index in [4.69, 9.17) is 12.6 Å². The predicted molar refractivity (Wildman–Crippen MR) is 120 cm³/mol. The zero-order valence-electron chi connectivity index (χ0n) is 22.3. The van der Waals surface area contributed by atoms with E-state index in [1.54, 1.807) is 18.3 Å². The van der Waals surface area contributed by atoms with E-state index in [1.807, 2.05) is 73.1 Å². The lowest BCUT2D eigenvalue weighted by Crippen LogP contribution is -2.31. The van der Waals surface area contributed by atoms with E-state index >= 15 is 0 Å². The van der Waals surface area contributed by atoms with E-state index in [-0.39, 0.29) is 11.1 Å². The molecule has 2 heteroatoms. The smallest absolute Gasteiger partial charge is 0.213 e. The fourth-order valence-corrected chi connectivity index (χ4v) is 4.03. The number of para-hydroxylation sites is 2. The van der Waals surface area contributed by atoms with Crippen LogP contribution in [-0.4, -0.2) is 0 Å². The molecule has 5 rings (SSSR count). The summed E-state index contributed by atoms with van der Waals surface area (Å²) in [7, 11) is 1.84. The Kier molecular flexibility index (Phi) is 2.78. The third kappa shape index (κ3) is 2.75. The third-order valence-electron chi connectivity index (χ3n) is 5.51. The van der Waals surface area contributed by atoms with Gasteiger partial charge in [0.25, 0.3) is 0 Å². The van der Waals surface area contributed by atoms with Gasteiger partial charge >= 0.3 is 0 Å². The molecule has 2 aromatic heterocycles. The van der Waals surface area contributed by atoms with Crippen LogP contribution in [0.2, 0.25) is 0 Å². The van der Waals surface area contributed by atoms with Gasteiger partial charge in [-0.1, -0.05) is 54.6 Å². The molecule has 0 radical (unpaired) electrons. The second kappa shape index (κ2) is 6.59. The number of fused-ring (bicyclic) bond motifs is 3. The molecule has 2 heterocycles. The Morgan fingerprint density at radius 2 is 1.41 bits per heavy atom. The van der Waals surface area contributed by atoms with Gasteiger partial charge in [-0.3, -0.25) is 0 Å². The second-order valence-electron chi connectivity index (χ2n) is 7.38. The number of rotatable bonds is 2. The SMILES string of the molecule is [2H]C([2H])([2H])c1c[n+](C)c(-c2ccccc2C)cc1-c1cccc2c1oc1c(C([2H])([2H])[2H])cccc12. The van der Waals surface area contributed by atoms with Crippen LogP contribution in [0, 0.1) is 20.6 Å². The molecule has 0 saturated carbocycles. The largest absolute Gasteiger partial charge is 0.455 e. The van der Waals surface area contributed by atoms with Gasteiger partial charge in [0.15, 0.2) is 6.20 Å². The van der Waals surface area contributed by atoms with Crippen LogP contribution in [0.15, 0.2) is 77.3 Å². The quantitative estimate of drug-likeness (QED) is 0.311. The van der Waals surface area contributed by atoms with Gasteiger partial charge in [-0.25, -0.2) is 4.57 Å². The molecule has 142 valence electrons. The van der Waals surface area contributed by atoms with Crippen molar-refractivity contribution in [2.45, 2.75) is 20.6 Å². The highest BCUT2D eigenvalue weighted by Gasteiger charge is 2.19. The van der Waals surface area contributed by atoms with Crippen molar-refractivity contribution >= 4 is 21.9 Å². The van der Waals surface area contributed by atoms with Gasteiger partial charge in [-0.2, -0.15) is 0 Å². The molecule has 0 bridgehead atoms. The molecule has 0 aliphatic carbocycles. The number of nitrogens with zero attached hydrogens (tertiary/aromatic N) is 1. The first-order chi connectivity index (χ1) is 16.5. The second-order valence-corrected chi connectivity index (χ2v) is 7.38. The molecule has 29 heavy (non-hydrogen) atoms. The zero-order chi connectivity index (χ0) is 25.1. The first-order valence-electron chi connectivity index (χ1n) is 12.5. The summed E-state index contributed by atoms with van der Waals surface area (Å²) in [5.74, 6) is 0. The molecule has 0 atom stereocenters. The van der Waals surface area contributed by atoms with E-state index < -0.39 is 13.7 Å². The summed E-state index contributed by atoms with van der Waals surface area (Å²) in [4.78, 5) is 0. The van der Waals surface area contributed by atoms with Gasteiger partial charge in [0.2, 0.25) is 5.69 Å². The van der Waals surface area contributed by atoms with Gasteiger partial charge < -0.3 is 4.42 Å². The molecule has 0 amide bonds. The molecule has 0 saturated heterocycles. The van der Waals surface area contributed by atoms with Gasteiger partial charge in [-0.05, 0) is 37.8 Å². The first-order valence-corrected chi connectivity index (χ1v) is 9.52. The fraction of sp³-hybridized carbons (Fsp3) is 0.148. The number of hydrogen-bond acceptors (Lipinski definition) is 1. The van der Waals surface area contributed by atoms with Crippen LogP contribution < -0.4 is 4.57 Å². The molecule has 0 N–H and O–H groups in total. The van der Waals surface area contributed by atoms with Crippen molar-refractivity contribution in [2.24, 2.45) is 7.05 Å². The Balaban J connectivity index is 1.87. The zero-order valence-corrected chi connectivity index (χ0v) is 16.3. The van der Waals surface area contributed by atoms with Gasteiger partial charge in [0, 0.05) is 47.3 Å². The summed E-state index contributed by atoms with van der Waals surface area (Å²) in [5, 5.41) is 1.43. The van der Waals surface area contributed by atoms with Crippen LogP contribution >= 0.6 is 0 Å². The monoisotopic (exact) mass is 384 g/mol. The Hall–Kier alpha value is -3.39. The molecule has 0 aliphatic heterocycles. The molecule has 2 nitrogen and oxygen atoms in total. The lowest BCUT2D eigenvalue weighted by atomic mass is 9.96. The Bertz CT molecular complexity index is 1590. The minimum Gasteiger partial charge on any atom is -0.455 e. The number of benzene rings is 3. The van der Waals surface area contributed by atoms with Crippen LogP contribution in [0.3, 0.4) is 0 Å². The predicted octanol–water partition coefficient (Wildman–Crippen LogP) is 6.67. The van der Waals surface area contributed by atoms with Crippen LogP contribution in [-0.2, 0) is 7.05 Å². The Morgan fingerprint density at radius 3 is 2.21 bits per heavy atom. The van der Waals surface area contributed by atoms with Crippen molar-refractivity contribution in [3.05, 3.63) is 89.6 Å². The molecule has 0 spiro atoms. The number of pyridine rings is 1. The lowest BCUT2D eigenvalue weighted by Gasteiger charge is -2.10. The maximum absolute atomic E-state index is 8.22. The van der Waals surface area contributed by atoms with Crippen molar-refractivity contribution in [1.82, 2.24) is 0 Å². The number of aryl methyl sites for hydroxylation is 4. The molecular formula is C27H24NO+. The number of furan rings is 1. The molecule has 3 aromatic carbocycles. The maximum Gasteiger partial charge on any atom is 0.213 e. The average Bonchev–Trinajstić information content (AvgIpc) is 3.17. The van der Waals surface area contributed by atoms with Crippen molar-refractivity contribution in [1.29, 1.82) is 0 Å². The molecule has 5 aromatic rings. The summed E-state index contributed by atoms with van der Waals surface area (Å²) in [6, 6.07) is 20.5. The Morgan fingerprint density at radius 1 is 0.724 bits per heavy atom. The van der Waals surface area contributed by atoms with Gasteiger partial charge in [0.05, 0.1) is 0 Å². The summed E-state index contributed by atoms with van der Waals surface area (Å²) >= 11 is 0. The Labute approximate surface area is 179 Å². The topological polar surface area (TPSA) is 17.0 Å². The van der Waals surface area contributed by atoms with Crippen LogP contribution in [0.4, 0.5) is 0 Å². The molecule has 0 fully saturated rings. The summed E-state index contributed by atoms with van der Waals surface area (Å²) < 4.78 is 56.5. The van der Waals surface area contributed by atoms with Crippen LogP contribution in [0.25, 0.3) is 44.3 Å². The molecular weight excluding hydrogens is 354 g/mol. The van der Waals surface area contributed by atoms with Gasteiger partial charge in [0.1, 0.15) is 18.2 Å². The van der Waals surface area contributed by atoms with E-state index in [1.165, 1.54) is 0 Å². The van der Waals surface area contributed by atoms with Crippen LogP contribution in [0.1, 0.15) is 24.9 Å². The molecule has 0 aliphatic rings. The van der Waals surface area contributed by atoms with E-state index in [2.05, 4.69) is 0 Å². The summed E-state index contributed by atoms with van der Waals surface area (Å²) in [6.07, 6.45) is 1.65. The fourth-order valence-electron chi connectivity index (χ4n) is 4.03. The highest BCUT2D eigenvalue weighted by molar-refractivity contribution is 6.10. The number of hydrogen-bond donors (Lipinski definition) is 0. The van der Waals surface area contributed by atoms with Crippen molar-refractivity contribution < 1.29 is 17.2 Å². The van der Waals surface area contributed by atoms with Gasteiger partial charge in [-0.15, -0.1) is 0 Å². The van der Waals surface area contributed by atoms with Crippen molar-refractivity contribution in [3.8, 4) is 22.4 Å². The average molecular weight is 385 g/mol. The lowest BCUT2D eigenvalue weighted by molar-refractivity contribution is -0.660. The first kappa shape index (κ1) is 12.2. The highest BCUT2D eigenvalue weighted by Crippen LogP contribution is 2.38. The summed E-state index contributed by atoms with van der Waals surface area (Å²) in [6.45, 7) is -2.69. The van der Waals surface area contributed by atoms with Crippen LogP contribution in [0.5, 0.6) is 0 Å². The minimum absolute atomic E-state index is 0.133. The molecule has 0 unspecified atom stereocenters. The minimum atomic E-state index is -2.37. The van der Waals surface area contributed by atoms with Crippen molar-refractivity contribution in [3.63, 3.8) is 0 Å².